The van der Waals surface area contributed by atoms with Crippen LogP contribution in [0.4, 0.5) is 0 Å². The fourth-order valence-corrected chi connectivity index (χ4v) is 5.28. The van der Waals surface area contributed by atoms with Gasteiger partial charge in [-0.3, -0.25) is 0 Å². The summed E-state index contributed by atoms with van der Waals surface area (Å²) in [5.74, 6) is 6.56. The standard InChI is InChI=1S/C16H30/c1-9-8-10(2)15-13(5)16(6,7)12(4)11(3)14(9)15/h9-15H,8H2,1-7H3/t9-,10+,11+,12-,13+,14+,15-/m0/s1. The van der Waals surface area contributed by atoms with Crippen molar-refractivity contribution in [3.05, 3.63) is 0 Å². The van der Waals surface area contributed by atoms with E-state index in [1.807, 2.05) is 0 Å². The molecule has 0 N–H and O–H groups in total. The number of rotatable bonds is 0. The largest absolute Gasteiger partial charge is 0.0622 e. The van der Waals surface area contributed by atoms with E-state index >= 15 is 0 Å². The predicted molar refractivity (Wildman–Crippen MR) is 71.2 cm³/mol. The molecular formula is C16H30. The monoisotopic (exact) mass is 222 g/mol. The first kappa shape index (κ1) is 12.5. The molecule has 0 aromatic carbocycles. The van der Waals surface area contributed by atoms with Gasteiger partial charge in [0.2, 0.25) is 0 Å². The first-order valence-electron chi connectivity index (χ1n) is 7.28. The van der Waals surface area contributed by atoms with Gasteiger partial charge in [-0.05, 0) is 53.3 Å². The highest BCUT2D eigenvalue weighted by Gasteiger charge is 2.54. The minimum absolute atomic E-state index is 0.527. The average Bonchev–Trinajstić information content (AvgIpc) is 2.48. The van der Waals surface area contributed by atoms with E-state index in [1.54, 1.807) is 0 Å². The Bertz CT molecular complexity index is 265. The van der Waals surface area contributed by atoms with Crippen molar-refractivity contribution in [2.45, 2.75) is 54.9 Å². The summed E-state index contributed by atoms with van der Waals surface area (Å²) in [5.41, 5.74) is 0.527. The highest BCUT2D eigenvalue weighted by molar-refractivity contribution is 5.03. The van der Waals surface area contributed by atoms with Crippen molar-refractivity contribution in [2.24, 2.45) is 46.8 Å². The predicted octanol–water partition coefficient (Wildman–Crippen LogP) is 4.84. The minimum atomic E-state index is 0.527. The molecule has 2 aliphatic rings. The van der Waals surface area contributed by atoms with Gasteiger partial charge in [0.15, 0.2) is 0 Å². The maximum Gasteiger partial charge on any atom is -0.0297 e. The van der Waals surface area contributed by atoms with Crippen LogP contribution >= 0.6 is 0 Å². The van der Waals surface area contributed by atoms with Crippen LogP contribution in [0.25, 0.3) is 0 Å². The van der Waals surface area contributed by atoms with Crippen molar-refractivity contribution in [3.63, 3.8) is 0 Å². The van der Waals surface area contributed by atoms with Gasteiger partial charge in [0.25, 0.3) is 0 Å². The SMILES string of the molecule is C[C@H]1[C@@H]2[C@@H]([C@H](C)C[C@@H]2C)[C@@H](C)C(C)(C)[C@H]1C. The normalized spacial score (nSPS) is 56.1. The lowest BCUT2D eigenvalue weighted by Crippen LogP contribution is -2.48. The van der Waals surface area contributed by atoms with Gasteiger partial charge in [0.05, 0.1) is 0 Å². The molecule has 0 aromatic rings. The Morgan fingerprint density at radius 3 is 1.81 bits per heavy atom. The quantitative estimate of drug-likeness (QED) is 0.550. The second-order valence-electron chi connectivity index (χ2n) is 7.60. The van der Waals surface area contributed by atoms with Crippen LogP contribution in [0.3, 0.4) is 0 Å². The molecule has 0 unspecified atom stereocenters. The van der Waals surface area contributed by atoms with Gasteiger partial charge in [-0.1, -0.05) is 48.5 Å². The fraction of sp³-hybridized carbons (Fsp3) is 1.00. The molecular weight excluding hydrogens is 192 g/mol. The van der Waals surface area contributed by atoms with E-state index in [-0.39, 0.29) is 0 Å². The third-order valence-corrected chi connectivity index (χ3v) is 6.82. The molecule has 0 aromatic heterocycles. The Morgan fingerprint density at radius 2 is 1.25 bits per heavy atom. The topological polar surface area (TPSA) is 0 Å². The van der Waals surface area contributed by atoms with E-state index in [9.17, 15) is 0 Å². The van der Waals surface area contributed by atoms with Crippen molar-refractivity contribution >= 4 is 0 Å². The van der Waals surface area contributed by atoms with Crippen LogP contribution in [0.15, 0.2) is 0 Å². The molecule has 0 nitrogen and oxygen atoms in total. The second-order valence-corrected chi connectivity index (χ2v) is 7.60. The molecule has 0 spiro atoms. The summed E-state index contributed by atoms with van der Waals surface area (Å²) in [7, 11) is 0. The third kappa shape index (κ3) is 1.48. The lowest BCUT2D eigenvalue weighted by molar-refractivity contribution is -0.0589. The zero-order valence-corrected chi connectivity index (χ0v) is 12.2. The van der Waals surface area contributed by atoms with E-state index in [0.29, 0.717) is 5.41 Å². The summed E-state index contributed by atoms with van der Waals surface area (Å²) in [6.07, 6.45) is 1.47. The van der Waals surface area contributed by atoms with Gasteiger partial charge < -0.3 is 0 Å². The molecule has 7 atom stereocenters. The molecule has 2 fully saturated rings. The molecule has 0 heterocycles. The number of fused-ring (bicyclic) bond motifs is 1. The van der Waals surface area contributed by atoms with Crippen LogP contribution in [-0.4, -0.2) is 0 Å². The molecule has 2 saturated carbocycles. The van der Waals surface area contributed by atoms with Gasteiger partial charge in [-0.25, -0.2) is 0 Å². The summed E-state index contributed by atoms with van der Waals surface area (Å²) in [6.45, 7) is 17.5. The Morgan fingerprint density at radius 1 is 0.750 bits per heavy atom. The van der Waals surface area contributed by atoms with Crippen LogP contribution in [0, 0.1) is 46.8 Å². The highest BCUT2D eigenvalue weighted by Crippen LogP contribution is 2.61. The third-order valence-electron chi connectivity index (χ3n) is 6.82. The van der Waals surface area contributed by atoms with Crippen molar-refractivity contribution in [1.82, 2.24) is 0 Å². The lowest BCUT2D eigenvalue weighted by Gasteiger charge is -2.54. The maximum absolute atomic E-state index is 2.52. The molecule has 0 saturated heterocycles. The summed E-state index contributed by atoms with van der Waals surface area (Å²) in [5, 5.41) is 0. The van der Waals surface area contributed by atoms with Crippen molar-refractivity contribution in [2.75, 3.05) is 0 Å². The molecule has 2 rings (SSSR count). The molecule has 0 aliphatic heterocycles. The van der Waals surface area contributed by atoms with Gasteiger partial charge >= 0.3 is 0 Å². The van der Waals surface area contributed by atoms with E-state index in [2.05, 4.69) is 48.5 Å². The van der Waals surface area contributed by atoms with E-state index in [0.717, 1.165) is 41.4 Å². The Hall–Kier alpha value is 0. The molecule has 2 aliphatic carbocycles. The molecule has 16 heavy (non-hydrogen) atoms. The fourth-order valence-electron chi connectivity index (χ4n) is 5.28. The lowest BCUT2D eigenvalue weighted by atomic mass is 9.51. The first-order valence-corrected chi connectivity index (χ1v) is 7.28. The van der Waals surface area contributed by atoms with Gasteiger partial charge in [-0.15, -0.1) is 0 Å². The van der Waals surface area contributed by atoms with E-state index < -0.39 is 0 Å². The first-order chi connectivity index (χ1) is 7.28. The molecule has 0 bridgehead atoms. The summed E-state index contributed by atoms with van der Waals surface area (Å²) >= 11 is 0. The van der Waals surface area contributed by atoms with Gasteiger partial charge in [0.1, 0.15) is 0 Å². The minimum Gasteiger partial charge on any atom is -0.0622 e. The van der Waals surface area contributed by atoms with Crippen LogP contribution in [0.5, 0.6) is 0 Å². The summed E-state index contributed by atoms with van der Waals surface area (Å²) in [6, 6.07) is 0. The van der Waals surface area contributed by atoms with Gasteiger partial charge in [-0.2, -0.15) is 0 Å². The van der Waals surface area contributed by atoms with Crippen molar-refractivity contribution < 1.29 is 0 Å². The highest BCUT2D eigenvalue weighted by atomic mass is 14.6. The number of hydrogen-bond donors (Lipinski definition) is 0. The Labute approximate surface area is 102 Å². The summed E-state index contributed by atoms with van der Waals surface area (Å²) in [4.78, 5) is 0. The Balaban J connectivity index is 2.36. The summed E-state index contributed by atoms with van der Waals surface area (Å²) < 4.78 is 0. The Kier molecular flexibility index (Phi) is 2.92. The molecule has 0 radical (unpaired) electrons. The van der Waals surface area contributed by atoms with Crippen LogP contribution in [0.2, 0.25) is 0 Å². The van der Waals surface area contributed by atoms with E-state index in [4.69, 9.17) is 0 Å². The molecule has 94 valence electrons. The molecule has 0 heteroatoms. The van der Waals surface area contributed by atoms with Gasteiger partial charge in [0, 0.05) is 0 Å². The zero-order valence-electron chi connectivity index (χ0n) is 12.2. The maximum atomic E-state index is 2.52. The van der Waals surface area contributed by atoms with Crippen molar-refractivity contribution in [1.29, 1.82) is 0 Å². The van der Waals surface area contributed by atoms with E-state index in [1.165, 1.54) is 6.42 Å². The molecule has 0 amide bonds. The smallest absolute Gasteiger partial charge is 0.0297 e. The zero-order chi connectivity index (χ0) is 12.2. The number of hydrogen-bond acceptors (Lipinski definition) is 0. The average molecular weight is 222 g/mol. The van der Waals surface area contributed by atoms with Crippen LogP contribution in [-0.2, 0) is 0 Å². The van der Waals surface area contributed by atoms with Crippen LogP contribution < -0.4 is 0 Å². The van der Waals surface area contributed by atoms with Crippen molar-refractivity contribution in [3.8, 4) is 0 Å². The second kappa shape index (κ2) is 3.75. The van der Waals surface area contributed by atoms with Crippen LogP contribution in [0.1, 0.15) is 54.9 Å².